The van der Waals surface area contributed by atoms with Crippen molar-refractivity contribution in [1.82, 2.24) is 25.2 Å². The van der Waals surface area contributed by atoms with E-state index in [-0.39, 0.29) is 0 Å². The third-order valence-electron chi connectivity index (χ3n) is 1.65. The first-order valence-corrected chi connectivity index (χ1v) is 3.97. The Hall–Kier alpha value is -1.69. The van der Waals surface area contributed by atoms with E-state index in [1.807, 2.05) is 18.3 Å². The molecule has 3 N–H and O–H groups in total. The fourth-order valence-electron chi connectivity index (χ4n) is 1.04. The summed E-state index contributed by atoms with van der Waals surface area (Å²) in [5.41, 5.74) is 6.39. The zero-order valence-electron chi connectivity index (χ0n) is 7.01. The highest BCUT2D eigenvalue weighted by atomic mass is 15.6. The molecule has 0 aliphatic rings. The summed E-state index contributed by atoms with van der Waals surface area (Å²) in [6, 6.07) is 3.89. The lowest BCUT2D eigenvalue weighted by atomic mass is 10.4. The first kappa shape index (κ1) is 7.93. The Bertz CT molecular complexity index is 362. The van der Waals surface area contributed by atoms with Gasteiger partial charge in [-0.3, -0.25) is 0 Å². The number of H-pyrrole nitrogens is 1. The van der Waals surface area contributed by atoms with Crippen LogP contribution in [0.15, 0.2) is 18.3 Å². The quantitative estimate of drug-likeness (QED) is 0.664. The number of hydrogen-bond donors (Lipinski definition) is 2. The fourth-order valence-corrected chi connectivity index (χ4v) is 1.04. The maximum atomic E-state index is 5.35. The van der Waals surface area contributed by atoms with E-state index in [1.54, 1.807) is 0 Å². The Morgan fingerprint density at radius 1 is 1.54 bits per heavy atom. The fraction of sp³-hybridized carbons (Fsp3) is 0.286. The van der Waals surface area contributed by atoms with Crippen molar-refractivity contribution < 1.29 is 0 Å². The molecule has 0 aliphatic heterocycles. The molecule has 2 aromatic heterocycles. The highest BCUT2D eigenvalue weighted by Gasteiger charge is 2.00. The van der Waals surface area contributed by atoms with Crippen molar-refractivity contribution in [1.29, 1.82) is 0 Å². The van der Waals surface area contributed by atoms with Gasteiger partial charge in [0.2, 0.25) is 0 Å². The maximum Gasteiger partial charge on any atom is 0.188 e. The number of hydrogen-bond acceptors (Lipinski definition) is 4. The molecule has 68 valence electrons. The minimum atomic E-state index is 0.324. The van der Waals surface area contributed by atoms with Crippen LogP contribution < -0.4 is 5.73 Å². The Balaban J connectivity index is 2.10. The van der Waals surface area contributed by atoms with Crippen LogP contribution in [0.2, 0.25) is 0 Å². The second-order valence-electron chi connectivity index (χ2n) is 2.64. The third-order valence-corrected chi connectivity index (χ3v) is 1.65. The highest BCUT2D eigenvalue weighted by Crippen LogP contribution is 1.96. The Kier molecular flexibility index (Phi) is 2.05. The summed E-state index contributed by atoms with van der Waals surface area (Å²) >= 11 is 0. The molecular weight excluding hydrogens is 168 g/mol. The van der Waals surface area contributed by atoms with E-state index in [0.29, 0.717) is 18.9 Å². The smallest absolute Gasteiger partial charge is 0.188 e. The summed E-state index contributed by atoms with van der Waals surface area (Å²) in [6.07, 6.45) is 1.86. The lowest BCUT2D eigenvalue weighted by Gasteiger charge is -1.93. The molecule has 0 fully saturated rings. The van der Waals surface area contributed by atoms with Crippen LogP contribution in [0.5, 0.6) is 0 Å². The van der Waals surface area contributed by atoms with E-state index in [2.05, 4.69) is 20.4 Å². The average Bonchev–Trinajstić information content (AvgIpc) is 2.76. The van der Waals surface area contributed by atoms with Crippen molar-refractivity contribution in [2.24, 2.45) is 5.73 Å². The van der Waals surface area contributed by atoms with Gasteiger partial charge < -0.3 is 10.7 Å². The lowest BCUT2D eigenvalue weighted by molar-refractivity contribution is 0.563. The van der Waals surface area contributed by atoms with Gasteiger partial charge in [-0.25, -0.2) is 0 Å². The molecule has 0 radical (unpaired) electrons. The summed E-state index contributed by atoms with van der Waals surface area (Å²) in [5.74, 6) is 0.562. The van der Waals surface area contributed by atoms with Crippen LogP contribution in [0.25, 0.3) is 0 Å². The third kappa shape index (κ3) is 1.73. The Morgan fingerprint density at radius 2 is 2.46 bits per heavy atom. The van der Waals surface area contributed by atoms with E-state index in [4.69, 9.17) is 5.73 Å². The number of rotatable bonds is 3. The largest absolute Gasteiger partial charge is 0.363 e. The van der Waals surface area contributed by atoms with Crippen molar-refractivity contribution in [3.05, 3.63) is 29.8 Å². The molecule has 0 spiro atoms. The molecule has 13 heavy (non-hydrogen) atoms. The highest BCUT2D eigenvalue weighted by molar-refractivity contribution is 5.02. The topological polar surface area (TPSA) is 85.4 Å². The van der Waals surface area contributed by atoms with Crippen molar-refractivity contribution in [2.45, 2.75) is 13.1 Å². The minimum absolute atomic E-state index is 0.324. The zero-order chi connectivity index (χ0) is 9.10. The van der Waals surface area contributed by atoms with Crippen LogP contribution in [0.3, 0.4) is 0 Å². The van der Waals surface area contributed by atoms with Gasteiger partial charge in [0.25, 0.3) is 0 Å². The molecule has 6 heteroatoms. The average molecular weight is 178 g/mol. The molecule has 0 atom stereocenters. The first-order valence-electron chi connectivity index (χ1n) is 3.97. The first-order chi connectivity index (χ1) is 6.38. The van der Waals surface area contributed by atoms with Gasteiger partial charge >= 0.3 is 0 Å². The summed E-state index contributed by atoms with van der Waals surface area (Å²) in [5, 5.41) is 11.6. The van der Waals surface area contributed by atoms with Gasteiger partial charge in [0, 0.05) is 11.9 Å². The van der Waals surface area contributed by atoms with Crippen LogP contribution in [-0.2, 0) is 13.1 Å². The second kappa shape index (κ2) is 3.36. The minimum Gasteiger partial charge on any atom is -0.363 e. The number of tetrazole rings is 1. The van der Waals surface area contributed by atoms with Crippen molar-refractivity contribution in [3.8, 4) is 0 Å². The van der Waals surface area contributed by atoms with Crippen molar-refractivity contribution in [3.63, 3.8) is 0 Å². The van der Waals surface area contributed by atoms with Crippen LogP contribution in [-0.4, -0.2) is 25.2 Å². The Morgan fingerprint density at radius 3 is 3.08 bits per heavy atom. The van der Waals surface area contributed by atoms with Gasteiger partial charge in [-0.1, -0.05) is 0 Å². The predicted octanol–water partition coefficient (Wildman–Crippen LogP) is -0.492. The van der Waals surface area contributed by atoms with Gasteiger partial charge in [0.15, 0.2) is 5.82 Å². The van der Waals surface area contributed by atoms with Crippen LogP contribution in [0, 0.1) is 0 Å². The molecule has 2 heterocycles. The van der Waals surface area contributed by atoms with Gasteiger partial charge in [-0.2, -0.15) is 4.80 Å². The Labute approximate surface area is 74.8 Å². The van der Waals surface area contributed by atoms with E-state index in [0.717, 1.165) is 5.69 Å². The normalized spacial score (nSPS) is 10.5. The van der Waals surface area contributed by atoms with E-state index in [9.17, 15) is 0 Å². The zero-order valence-corrected chi connectivity index (χ0v) is 7.01. The molecule has 0 amide bonds. The summed E-state index contributed by atoms with van der Waals surface area (Å²) in [7, 11) is 0. The number of nitrogens with two attached hydrogens (primary N) is 1. The molecule has 2 aromatic rings. The second-order valence-corrected chi connectivity index (χ2v) is 2.64. The van der Waals surface area contributed by atoms with E-state index >= 15 is 0 Å². The summed E-state index contributed by atoms with van der Waals surface area (Å²) in [6.45, 7) is 0.921. The number of nitrogens with zero attached hydrogens (tertiary/aromatic N) is 4. The number of nitrogens with one attached hydrogen (secondary N) is 1. The van der Waals surface area contributed by atoms with Gasteiger partial charge in [-0.05, 0) is 17.3 Å². The molecule has 0 bridgehead atoms. The lowest BCUT2D eigenvalue weighted by Crippen LogP contribution is -2.05. The molecule has 6 nitrogen and oxygen atoms in total. The SMILES string of the molecule is NCc1nnn(Cc2ccc[nH]2)n1. The molecule has 0 aromatic carbocycles. The molecule has 2 rings (SSSR count). The van der Waals surface area contributed by atoms with Crippen LogP contribution in [0.1, 0.15) is 11.5 Å². The van der Waals surface area contributed by atoms with Crippen LogP contribution >= 0.6 is 0 Å². The number of aromatic nitrogens is 5. The maximum absolute atomic E-state index is 5.35. The summed E-state index contributed by atoms with van der Waals surface area (Å²) < 4.78 is 0. The van der Waals surface area contributed by atoms with Gasteiger partial charge in [-0.15, -0.1) is 10.2 Å². The van der Waals surface area contributed by atoms with Gasteiger partial charge in [0.1, 0.15) is 6.54 Å². The molecule has 0 saturated heterocycles. The van der Waals surface area contributed by atoms with E-state index in [1.165, 1.54) is 4.80 Å². The summed E-state index contributed by atoms with van der Waals surface area (Å²) in [4.78, 5) is 4.56. The molecule has 0 aliphatic carbocycles. The predicted molar refractivity (Wildman–Crippen MR) is 45.6 cm³/mol. The van der Waals surface area contributed by atoms with E-state index < -0.39 is 0 Å². The monoisotopic (exact) mass is 178 g/mol. The number of aromatic amines is 1. The van der Waals surface area contributed by atoms with Crippen molar-refractivity contribution in [2.75, 3.05) is 0 Å². The van der Waals surface area contributed by atoms with Crippen LogP contribution in [0.4, 0.5) is 0 Å². The molecular formula is C7H10N6. The molecule has 0 unspecified atom stereocenters. The van der Waals surface area contributed by atoms with Gasteiger partial charge in [0.05, 0.1) is 6.54 Å². The standard InChI is InChI=1S/C7H10N6/c8-4-7-10-12-13(11-7)5-6-2-1-3-9-6/h1-3,9H,4-5,8H2. The van der Waals surface area contributed by atoms with Crippen molar-refractivity contribution >= 4 is 0 Å². The molecule has 0 saturated carbocycles.